The van der Waals surface area contributed by atoms with Crippen LogP contribution in [0.2, 0.25) is 5.02 Å². The summed E-state index contributed by atoms with van der Waals surface area (Å²) in [6.07, 6.45) is 2.56. The lowest BCUT2D eigenvalue weighted by atomic mass is 10.1. The highest BCUT2D eigenvalue weighted by atomic mass is 35.5. The van der Waals surface area contributed by atoms with Crippen molar-refractivity contribution in [2.45, 2.75) is 33.3 Å². The van der Waals surface area contributed by atoms with E-state index in [1.165, 1.54) is 0 Å². The molecule has 5 nitrogen and oxygen atoms in total. The Hall–Kier alpha value is -3.05. The average molecular weight is 424 g/mol. The Labute approximate surface area is 182 Å². The van der Waals surface area contributed by atoms with Gasteiger partial charge in [-0.15, -0.1) is 0 Å². The summed E-state index contributed by atoms with van der Waals surface area (Å²) in [5, 5.41) is 3.36. The first-order valence-electron chi connectivity index (χ1n) is 9.88. The zero-order chi connectivity index (χ0) is 21.7. The molecule has 0 spiro atoms. The number of carbonyl (C=O) groups excluding carboxylic acids is 1. The quantitative estimate of drug-likeness (QED) is 0.501. The fourth-order valence-electron chi connectivity index (χ4n) is 2.95. The fraction of sp³-hybridized carbons (Fsp3) is 0.250. The molecule has 0 radical (unpaired) electrons. The molecule has 1 aromatic heterocycles. The van der Waals surface area contributed by atoms with E-state index < -0.39 is 0 Å². The van der Waals surface area contributed by atoms with Gasteiger partial charge in [-0.3, -0.25) is 4.79 Å². The molecule has 0 aliphatic rings. The monoisotopic (exact) mass is 423 g/mol. The largest absolute Gasteiger partial charge is 0.489 e. The minimum absolute atomic E-state index is 0.0231. The van der Waals surface area contributed by atoms with Gasteiger partial charge in [-0.25, -0.2) is 4.98 Å². The Morgan fingerprint density at radius 2 is 1.97 bits per heavy atom. The molecule has 3 aromatic rings. The number of imidazole rings is 1. The number of nitrogens with one attached hydrogen (secondary N) is 2. The van der Waals surface area contributed by atoms with Gasteiger partial charge in [0.05, 0.1) is 23.0 Å². The maximum absolute atomic E-state index is 12.4. The second kappa shape index (κ2) is 9.63. The van der Waals surface area contributed by atoms with Crippen LogP contribution in [0.15, 0.2) is 55.2 Å². The highest BCUT2D eigenvalue weighted by Gasteiger charge is 2.10. The van der Waals surface area contributed by atoms with Crippen molar-refractivity contribution in [3.63, 3.8) is 0 Å². The van der Waals surface area contributed by atoms with Crippen molar-refractivity contribution in [2.75, 3.05) is 6.54 Å². The molecule has 0 unspecified atom stereocenters. The molecule has 1 heterocycles. The number of aromatic nitrogens is 2. The van der Waals surface area contributed by atoms with Gasteiger partial charge in [0.2, 0.25) is 0 Å². The normalized spacial score (nSPS) is 10.8. The van der Waals surface area contributed by atoms with Gasteiger partial charge >= 0.3 is 0 Å². The molecule has 1 amide bonds. The van der Waals surface area contributed by atoms with Crippen LogP contribution in [0.3, 0.4) is 0 Å². The third kappa shape index (κ3) is 5.51. The van der Waals surface area contributed by atoms with Crippen LogP contribution >= 0.6 is 11.6 Å². The van der Waals surface area contributed by atoms with Crippen LogP contribution in [-0.2, 0) is 6.42 Å². The molecule has 0 saturated carbocycles. The smallest absolute Gasteiger partial charge is 0.251 e. The molecule has 0 fully saturated rings. The van der Waals surface area contributed by atoms with Gasteiger partial charge in [-0.2, -0.15) is 0 Å². The fourth-order valence-corrected chi connectivity index (χ4v) is 3.17. The van der Waals surface area contributed by atoms with E-state index in [2.05, 4.69) is 34.0 Å². The van der Waals surface area contributed by atoms with Crippen LogP contribution < -0.4 is 10.1 Å². The molecule has 30 heavy (non-hydrogen) atoms. The first-order chi connectivity index (χ1) is 14.3. The highest BCUT2D eigenvalue weighted by Crippen LogP contribution is 2.26. The molecular formula is C24H26ClN3O2. The lowest BCUT2D eigenvalue weighted by Crippen LogP contribution is -2.25. The van der Waals surface area contributed by atoms with Crippen molar-refractivity contribution in [1.29, 1.82) is 0 Å². The number of carbonyl (C=O) groups is 1. The summed E-state index contributed by atoms with van der Waals surface area (Å²) in [6.45, 7) is 10.2. The van der Waals surface area contributed by atoms with Crippen LogP contribution in [0.5, 0.6) is 5.75 Å². The highest BCUT2D eigenvalue weighted by molar-refractivity contribution is 6.32. The van der Waals surface area contributed by atoms with Crippen molar-refractivity contribution in [2.24, 2.45) is 0 Å². The Kier molecular flexibility index (Phi) is 6.95. The van der Waals surface area contributed by atoms with Crippen molar-refractivity contribution >= 4 is 23.1 Å². The molecule has 2 N–H and O–H groups in total. The average Bonchev–Trinajstić information content (AvgIpc) is 3.20. The summed E-state index contributed by atoms with van der Waals surface area (Å²) < 4.78 is 5.60. The van der Waals surface area contributed by atoms with Gasteiger partial charge in [0.25, 0.3) is 5.91 Å². The van der Waals surface area contributed by atoms with E-state index >= 15 is 0 Å². The summed E-state index contributed by atoms with van der Waals surface area (Å²) in [7, 11) is 0. The van der Waals surface area contributed by atoms with Gasteiger partial charge in [-0.05, 0) is 62.1 Å². The van der Waals surface area contributed by atoms with E-state index in [9.17, 15) is 4.79 Å². The molecule has 0 atom stereocenters. The van der Waals surface area contributed by atoms with Crippen molar-refractivity contribution in [3.8, 4) is 17.0 Å². The van der Waals surface area contributed by atoms with Crippen molar-refractivity contribution < 1.29 is 9.53 Å². The Morgan fingerprint density at radius 1 is 1.23 bits per heavy atom. The Bertz CT molecular complexity index is 1040. The Balaban J connectivity index is 1.54. The summed E-state index contributed by atoms with van der Waals surface area (Å²) in [6, 6.07) is 13.3. The maximum Gasteiger partial charge on any atom is 0.251 e. The SMILES string of the molecule is C=C(C)c1ncc(-c2ccc(CCNC(=O)c3ccc(OC(C)C)c(Cl)c3)cc2)[nH]1. The predicted octanol–water partition coefficient (Wildman–Crippen LogP) is 5.52. The molecule has 156 valence electrons. The minimum Gasteiger partial charge on any atom is -0.489 e. The van der Waals surface area contributed by atoms with Crippen LogP contribution in [0.4, 0.5) is 0 Å². The van der Waals surface area contributed by atoms with Gasteiger partial charge in [-0.1, -0.05) is 42.4 Å². The summed E-state index contributed by atoms with van der Waals surface area (Å²) in [4.78, 5) is 20.0. The standard InChI is InChI=1S/C24H26ClN3O2/c1-15(2)23-27-14-21(28-23)18-7-5-17(6-8-18)11-12-26-24(29)19-9-10-22(20(25)13-19)30-16(3)4/h5-10,13-14,16H,1,11-12H2,2-4H3,(H,26,29)(H,27,28). The van der Waals surface area contributed by atoms with Crippen LogP contribution in [0, 0.1) is 0 Å². The molecule has 0 aliphatic carbocycles. The van der Waals surface area contributed by atoms with Gasteiger partial charge in [0, 0.05) is 12.1 Å². The number of allylic oxidation sites excluding steroid dienone is 1. The van der Waals surface area contributed by atoms with Crippen molar-refractivity contribution in [3.05, 3.63) is 77.2 Å². The number of hydrogen-bond acceptors (Lipinski definition) is 3. The van der Waals surface area contributed by atoms with Crippen LogP contribution in [-0.4, -0.2) is 28.5 Å². The van der Waals surface area contributed by atoms with Gasteiger partial charge in [0.1, 0.15) is 11.6 Å². The number of H-pyrrole nitrogens is 1. The van der Waals surface area contributed by atoms with E-state index in [0.29, 0.717) is 22.9 Å². The second-order valence-electron chi connectivity index (χ2n) is 7.44. The molecular weight excluding hydrogens is 398 g/mol. The van der Waals surface area contributed by atoms with Gasteiger partial charge in [0.15, 0.2) is 0 Å². The zero-order valence-corrected chi connectivity index (χ0v) is 18.2. The van der Waals surface area contributed by atoms with Crippen LogP contribution in [0.1, 0.15) is 42.5 Å². The summed E-state index contributed by atoms with van der Waals surface area (Å²) in [5.74, 6) is 1.21. The topological polar surface area (TPSA) is 67.0 Å². The molecule has 2 aromatic carbocycles. The summed E-state index contributed by atoms with van der Waals surface area (Å²) in [5.41, 5.74) is 4.56. The van der Waals surface area contributed by atoms with E-state index in [1.807, 2.05) is 39.1 Å². The maximum atomic E-state index is 12.4. The number of nitrogens with zero attached hydrogens (tertiary/aromatic N) is 1. The number of benzene rings is 2. The summed E-state index contributed by atoms with van der Waals surface area (Å²) >= 11 is 6.21. The molecule has 0 saturated heterocycles. The molecule has 0 aliphatic heterocycles. The number of hydrogen-bond donors (Lipinski definition) is 2. The lowest BCUT2D eigenvalue weighted by Gasteiger charge is -2.12. The van der Waals surface area contributed by atoms with E-state index in [-0.39, 0.29) is 12.0 Å². The first kappa shape index (κ1) is 21.7. The number of ether oxygens (including phenoxy) is 1. The molecule has 0 bridgehead atoms. The lowest BCUT2D eigenvalue weighted by molar-refractivity contribution is 0.0954. The van der Waals surface area contributed by atoms with E-state index in [0.717, 1.165) is 34.6 Å². The molecule has 6 heteroatoms. The van der Waals surface area contributed by atoms with Gasteiger partial charge < -0.3 is 15.0 Å². The first-order valence-corrected chi connectivity index (χ1v) is 10.3. The number of halogens is 1. The zero-order valence-electron chi connectivity index (χ0n) is 17.5. The van der Waals surface area contributed by atoms with E-state index in [1.54, 1.807) is 18.2 Å². The Morgan fingerprint density at radius 3 is 2.57 bits per heavy atom. The number of rotatable bonds is 8. The van der Waals surface area contributed by atoms with Crippen molar-refractivity contribution in [1.82, 2.24) is 15.3 Å². The molecule has 3 rings (SSSR count). The number of amides is 1. The third-order valence-electron chi connectivity index (χ3n) is 4.50. The van der Waals surface area contributed by atoms with Crippen LogP contribution in [0.25, 0.3) is 16.8 Å². The number of aromatic amines is 1. The second-order valence-corrected chi connectivity index (χ2v) is 7.85. The predicted molar refractivity (Wildman–Crippen MR) is 122 cm³/mol. The third-order valence-corrected chi connectivity index (χ3v) is 4.80. The van der Waals surface area contributed by atoms with E-state index in [4.69, 9.17) is 16.3 Å². The minimum atomic E-state index is -0.158.